The van der Waals surface area contributed by atoms with Gasteiger partial charge in [0.2, 0.25) is 0 Å². The van der Waals surface area contributed by atoms with Crippen LogP contribution in [-0.2, 0) is 0 Å². The van der Waals surface area contributed by atoms with E-state index in [-0.39, 0.29) is 0 Å². The molecular weight excluding hydrogens is 156 g/mol. The van der Waals surface area contributed by atoms with Crippen molar-refractivity contribution in [2.75, 3.05) is 0 Å². The van der Waals surface area contributed by atoms with E-state index < -0.39 is 0 Å². The van der Waals surface area contributed by atoms with E-state index in [1.54, 1.807) is 0 Å². The molecule has 0 aromatic heterocycles. The highest BCUT2D eigenvalue weighted by Crippen LogP contribution is 2.07. The second-order valence-corrected chi connectivity index (χ2v) is 4.02. The van der Waals surface area contributed by atoms with Crippen LogP contribution in [-0.4, -0.2) is 0 Å². The van der Waals surface area contributed by atoms with Crippen molar-refractivity contribution >= 4 is 0 Å². The molecule has 0 N–H and O–H groups in total. The molecule has 0 heteroatoms. The van der Waals surface area contributed by atoms with Crippen molar-refractivity contribution in [3.8, 4) is 0 Å². The van der Waals surface area contributed by atoms with Gasteiger partial charge >= 0.3 is 0 Å². The van der Waals surface area contributed by atoms with Gasteiger partial charge in [-0.3, -0.25) is 0 Å². The van der Waals surface area contributed by atoms with Gasteiger partial charge in [0, 0.05) is 0 Å². The quantitative estimate of drug-likeness (QED) is 0.368. The Bertz CT molecular complexity index is 113. The van der Waals surface area contributed by atoms with Crippen LogP contribution in [0.2, 0.25) is 0 Å². The molecule has 0 spiro atoms. The Balaban J connectivity index is 3.10. The molecule has 0 nitrogen and oxygen atoms in total. The number of allylic oxidation sites excluding steroid dienone is 2. The fraction of sp³-hybridized carbons (Fsp3) is 0.846. The Morgan fingerprint density at radius 3 is 2.31 bits per heavy atom. The maximum Gasteiger partial charge on any atom is -0.0265 e. The summed E-state index contributed by atoms with van der Waals surface area (Å²) in [5.41, 5.74) is 0. The van der Waals surface area contributed by atoms with Gasteiger partial charge < -0.3 is 0 Å². The summed E-state index contributed by atoms with van der Waals surface area (Å²) >= 11 is 0. The topological polar surface area (TPSA) is 0 Å². The Labute approximate surface area is 84.4 Å². The fourth-order valence-corrected chi connectivity index (χ4v) is 1.33. The van der Waals surface area contributed by atoms with Gasteiger partial charge in [-0.15, -0.1) is 0 Å². The summed E-state index contributed by atoms with van der Waals surface area (Å²) in [5.74, 6) is 0.774. The summed E-state index contributed by atoms with van der Waals surface area (Å²) in [6, 6.07) is 0. The maximum atomic E-state index is 2.36. The number of unbranched alkanes of at least 4 members (excludes halogenated alkanes) is 5. The van der Waals surface area contributed by atoms with E-state index in [4.69, 9.17) is 0 Å². The molecule has 13 heavy (non-hydrogen) atoms. The first-order chi connectivity index (χ1) is 6.31. The van der Waals surface area contributed by atoms with Crippen LogP contribution < -0.4 is 0 Å². The number of hydrogen-bond acceptors (Lipinski definition) is 0. The largest absolute Gasteiger partial charge is 0.0883 e. The van der Waals surface area contributed by atoms with Gasteiger partial charge in [0.1, 0.15) is 0 Å². The zero-order valence-corrected chi connectivity index (χ0v) is 9.68. The predicted molar refractivity (Wildman–Crippen MR) is 62.0 cm³/mol. The van der Waals surface area contributed by atoms with E-state index in [9.17, 15) is 0 Å². The first kappa shape index (κ1) is 12.7. The molecule has 0 aromatic carbocycles. The minimum absolute atomic E-state index is 0.774. The zero-order chi connectivity index (χ0) is 9.94. The molecule has 0 fully saturated rings. The van der Waals surface area contributed by atoms with Crippen molar-refractivity contribution in [2.24, 2.45) is 5.92 Å². The molecule has 0 aromatic rings. The molecule has 0 saturated heterocycles. The molecule has 0 heterocycles. The lowest BCUT2D eigenvalue weighted by Gasteiger charge is -1.99. The van der Waals surface area contributed by atoms with Crippen molar-refractivity contribution in [1.82, 2.24) is 0 Å². The van der Waals surface area contributed by atoms with E-state index in [2.05, 4.69) is 32.9 Å². The van der Waals surface area contributed by atoms with Gasteiger partial charge in [0.05, 0.1) is 0 Å². The third-order valence-corrected chi connectivity index (χ3v) is 2.58. The molecule has 0 bridgehead atoms. The van der Waals surface area contributed by atoms with E-state index in [0.29, 0.717) is 0 Å². The van der Waals surface area contributed by atoms with E-state index >= 15 is 0 Å². The summed E-state index contributed by atoms with van der Waals surface area (Å²) in [7, 11) is 0. The van der Waals surface area contributed by atoms with Crippen molar-refractivity contribution in [3.63, 3.8) is 0 Å². The van der Waals surface area contributed by atoms with Gasteiger partial charge in [0.15, 0.2) is 0 Å². The Morgan fingerprint density at radius 2 is 1.69 bits per heavy atom. The second-order valence-electron chi connectivity index (χ2n) is 4.02. The average Bonchev–Trinajstić information content (AvgIpc) is 2.16. The van der Waals surface area contributed by atoms with Crippen molar-refractivity contribution < 1.29 is 0 Å². The molecule has 0 radical (unpaired) electrons. The SMILES string of the molecule is CCCCCCC/C=C/C(C)CC. The van der Waals surface area contributed by atoms with Crippen LogP contribution in [0.1, 0.15) is 65.7 Å². The Morgan fingerprint density at radius 1 is 1.00 bits per heavy atom. The first-order valence-corrected chi connectivity index (χ1v) is 5.97. The van der Waals surface area contributed by atoms with E-state index in [1.165, 1.54) is 44.9 Å². The van der Waals surface area contributed by atoms with Crippen LogP contribution in [0, 0.1) is 5.92 Å². The minimum Gasteiger partial charge on any atom is -0.0883 e. The normalized spacial score (nSPS) is 13.8. The third kappa shape index (κ3) is 9.66. The van der Waals surface area contributed by atoms with Gasteiger partial charge in [-0.05, 0) is 18.8 Å². The molecule has 0 rings (SSSR count). The van der Waals surface area contributed by atoms with E-state index in [0.717, 1.165) is 5.92 Å². The molecule has 0 aliphatic heterocycles. The lowest BCUT2D eigenvalue weighted by molar-refractivity contribution is 0.634. The highest BCUT2D eigenvalue weighted by molar-refractivity contribution is 4.85. The lowest BCUT2D eigenvalue weighted by Crippen LogP contribution is -1.84. The minimum atomic E-state index is 0.774. The monoisotopic (exact) mass is 182 g/mol. The Kier molecular flexibility index (Phi) is 9.63. The standard InChI is InChI=1S/C13H26/c1-4-6-7-8-9-10-11-12-13(3)5-2/h11-13H,4-10H2,1-3H3/b12-11+. The zero-order valence-electron chi connectivity index (χ0n) is 9.68. The van der Waals surface area contributed by atoms with Crippen molar-refractivity contribution in [2.45, 2.75) is 65.7 Å². The van der Waals surface area contributed by atoms with Gasteiger partial charge in [-0.1, -0.05) is 65.0 Å². The smallest absolute Gasteiger partial charge is 0.0265 e. The highest BCUT2D eigenvalue weighted by Gasteiger charge is 1.90. The lowest BCUT2D eigenvalue weighted by atomic mass is 10.1. The Hall–Kier alpha value is -0.260. The summed E-state index contributed by atoms with van der Waals surface area (Å²) in [4.78, 5) is 0. The summed E-state index contributed by atoms with van der Waals surface area (Å²) < 4.78 is 0. The number of hydrogen-bond donors (Lipinski definition) is 0. The third-order valence-electron chi connectivity index (χ3n) is 2.58. The molecule has 0 aliphatic rings. The summed E-state index contributed by atoms with van der Waals surface area (Å²) in [5, 5.41) is 0. The summed E-state index contributed by atoms with van der Waals surface area (Å²) in [6.07, 6.45) is 14.3. The fourth-order valence-electron chi connectivity index (χ4n) is 1.33. The molecule has 1 atom stereocenters. The van der Waals surface area contributed by atoms with Gasteiger partial charge in [-0.25, -0.2) is 0 Å². The van der Waals surface area contributed by atoms with Crippen molar-refractivity contribution in [1.29, 1.82) is 0 Å². The highest BCUT2D eigenvalue weighted by atomic mass is 14.0. The summed E-state index contributed by atoms with van der Waals surface area (Å²) in [6.45, 7) is 6.80. The average molecular weight is 182 g/mol. The predicted octanol–water partition coefficient (Wildman–Crippen LogP) is 4.95. The molecule has 0 saturated carbocycles. The molecule has 78 valence electrons. The van der Waals surface area contributed by atoms with Crippen LogP contribution in [0.5, 0.6) is 0 Å². The number of rotatable bonds is 8. The van der Waals surface area contributed by atoms with Crippen LogP contribution in [0.3, 0.4) is 0 Å². The van der Waals surface area contributed by atoms with Crippen LogP contribution in [0.15, 0.2) is 12.2 Å². The molecule has 1 unspecified atom stereocenters. The molecule has 0 aliphatic carbocycles. The van der Waals surface area contributed by atoms with Crippen molar-refractivity contribution in [3.05, 3.63) is 12.2 Å². The molecule has 0 amide bonds. The maximum absolute atomic E-state index is 2.36. The van der Waals surface area contributed by atoms with Crippen LogP contribution in [0.25, 0.3) is 0 Å². The van der Waals surface area contributed by atoms with Gasteiger partial charge in [-0.2, -0.15) is 0 Å². The first-order valence-electron chi connectivity index (χ1n) is 5.97. The van der Waals surface area contributed by atoms with E-state index in [1.807, 2.05) is 0 Å². The van der Waals surface area contributed by atoms with Crippen LogP contribution >= 0.6 is 0 Å². The van der Waals surface area contributed by atoms with Crippen LogP contribution in [0.4, 0.5) is 0 Å². The molecular formula is C13H26. The van der Waals surface area contributed by atoms with Gasteiger partial charge in [0.25, 0.3) is 0 Å². The second kappa shape index (κ2) is 9.83.